The summed E-state index contributed by atoms with van der Waals surface area (Å²) in [4.78, 5) is 24.4. The minimum atomic E-state index is -0.461. The number of fused-ring (bicyclic) bond motifs is 1. The molecule has 130 valence electrons. The van der Waals surface area contributed by atoms with Crippen molar-refractivity contribution >= 4 is 17.3 Å². The lowest BCUT2D eigenvalue weighted by atomic mass is 10.1. The van der Waals surface area contributed by atoms with Gasteiger partial charge in [-0.1, -0.05) is 6.07 Å². The van der Waals surface area contributed by atoms with E-state index < -0.39 is 4.92 Å². The molecular weight excluding hydrogens is 327 g/mol. The number of halogens is 1. The lowest BCUT2D eigenvalue weighted by Crippen LogP contribution is -2.29. The molecule has 0 atom stereocenters. The van der Waals surface area contributed by atoms with Crippen molar-refractivity contribution in [3.63, 3.8) is 0 Å². The molecule has 0 aliphatic carbocycles. The third-order valence-electron chi connectivity index (χ3n) is 4.09. The zero-order valence-corrected chi connectivity index (χ0v) is 13.5. The molecule has 0 aromatic heterocycles. The van der Waals surface area contributed by atoms with E-state index >= 15 is 0 Å². The Bertz CT molecular complexity index is 792. The van der Waals surface area contributed by atoms with Crippen LogP contribution in [-0.4, -0.2) is 24.0 Å². The molecule has 1 aliphatic heterocycles. The monoisotopic (exact) mass is 344 g/mol. The first-order chi connectivity index (χ1) is 12.0. The van der Waals surface area contributed by atoms with Gasteiger partial charge in [-0.2, -0.15) is 0 Å². The molecule has 0 radical (unpaired) electrons. The Balaban J connectivity index is 1.54. The number of nitro groups is 1. The molecule has 0 saturated carbocycles. The number of non-ortho nitro benzene ring substituents is 1. The first-order valence-corrected chi connectivity index (χ1v) is 8.00. The second kappa shape index (κ2) is 7.29. The van der Waals surface area contributed by atoms with Gasteiger partial charge in [0.2, 0.25) is 5.91 Å². The maximum Gasteiger partial charge on any atom is 0.271 e. The highest BCUT2D eigenvalue weighted by molar-refractivity contribution is 5.95. The fourth-order valence-corrected chi connectivity index (χ4v) is 2.82. The molecule has 2 aromatic carbocycles. The van der Waals surface area contributed by atoms with E-state index in [-0.39, 0.29) is 23.8 Å². The van der Waals surface area contributed by atoms with Crippen molar-refractivity contribution in [2.24, 2.45) is 0 Å². The summed E-state index contributed by atoms with van der Waals surface area (Å²) in [6, 6.07) is 10.3. The minimum absolute atomic E-state index is 0.0157. The summed E-state index contributed by atoms with van der Waals surface area (Å²) in [6.07, 6.45) is 1.49. The van der Waals surface area contributed by atoms with E-state index in [0.29, 0.717) is 37.4 Å². The van der Waals surface area contributed by atoms with Gasteiger partial charge in [0.25, 0.3) is 5.69 Å². The van der Waals surface area contributed by atoms with E-state index in [0.717, 1.165) is 5.56 Å². The smallest absolute Gasteiger partial charge is 0.271 e. The fraction of sp³-hybridized carbons (Fsp3) is 0.278. The molecule has 25 heavy (non-hydrogen) atoms. The van der Waals surface area contributed by atoms with Crippen LogP contribution in [0.1, 0.15) is 18.4 Å². The lowest BCUT2D eigenvalue weighted by Gasteiger charge is -2.17. The van der Waals surface area contributed by atoms with E-state index in [1.54, 1.807) is 11.0 Å². The Morgan fingerprint density at radius 3 is 2.72 bits per heavy atom. The van der Waals surface area contributed by atoms with Crippen molar-refractivity contribution in [1.29, 1.82) is 0 Å². The van der Waals surface area contributed by atoms with Crippen LogP contribution in [0.4, 0.5) is 15.8 Å². The van der Waals surface area contributed by atoms with Crippen LogP contribution >= 0.6 is 0 Å². The molecule has 0 bridgehead atoms. The average Bonchev–Trinajstić information content (AvgIpc) is 3.03. The van der Waals surface area contributed by atoms with Gasteiger partial charge < -0.3 is 9.64 Å². The number of benzene rings is 2. The topological polar surface area (TPSA) is 72.7 Å². The molecule has 1 heterocycles. The second-order valence-electron chi connectivity index (χ2n) is 5.77. The normalized spacial score (nSPS) is 12.8. The Labute approximate surface area is 144 Å². The Morgan fingerprint density at radius 1 is 1.24 bits per heavy atom. The minimum Gasteiger partial charge on any atom is -0.494 e. The van der Waals surface area contributed by atoms with E-state index in [4.69, 9.17) is 4.74 Å². The summed E-state index contributed by atoms with van der Waals surface area (Å²) in [5.74, 6) is 0.141. The van der Waals surface area contributed by atoms with Gasteiger partial charge in [0, 0.05) is 25.1 Å². The molecule has 1 amide bonds. The highest BCUT2D eigenvalue weighted by Crippen LogP contribution is 2.32. The first-order valence-electron chi connectivity index (χ1n) is 8.00. The molecule has 0 saturated heterocycles. The quantitative estimate of drug-likeness (QED) is 0.457. The van der Waals surface area contributed by atoms with Gasteiger partial charge in [-0.25, -0.2) is 4.39 Å². The summed E-state index contributed by atoms with van der Waals surface area (Å²) in [6.45, 7) is 0.876. The highest BCUT2D eigenvalue weighted by atomic mass is 19.1. The Morgan fingerprint density at radius 2 is 2.00 bits per heavy atom. The van der Waals surface area contributed by atoms with Crippen LogP contribution in [-0.2, 0) is 11.2 Å². The third kappa shape index (κ3) is 3.93. The molecule has 6 nitrogen and oxygen atoms in total. The predicted octanol–water partition coefficient (Wildman–Crippen LogP) is 3.48. The van der Waals surface area contributed by atoms with Crippen molar-refractivity contribution in [1.82, 2.24) is 0 Å². The van der Waals surface area contributed by atoms with Gasteiger partial charge in [0.15, 0.2) is 0 Å². The molecule has 0 unspecified atom stereocenters. The molecule has 0 spiro atoms. The number of rotatable bonds is 6. The molecular formula is C18H17FN2O4. The number of nitrogens with zero attached hydrogens (tertiary/aromatic N) is 2. The van der Waals surface area contributed by atoms with E-state index in [2.05, 4.69) is 0 Å². The van der Waals surface area contributed by atoms with Crippen molar-refractivity contribution in [3.05, 3.63) is 64.0 Å². The number of hydrogen-bond acceptors (Lipinski definition) is 4. The SMILES string of the molecule is O=C(CCCOc1ccc(F)cc1)N1CCc2ccc([N+](=O)[O-])cc21. The largest absolute Gasteiger partial charge is 0.494 e. The summed E-state index contributed by atoms with van der Waals surface area (Å²) in [7, 11) is 0. The van der Waals surface area contributed by atoms with E-state index in [1.807, 2.05) is 0 Å². The molecule has 7 heteroatoms. The van der Waals surface area contributed by atoms with Crippen LogP contribution in [0.3, 0.4) is 0 Å². The Hall–Kier alpha value is -2.96. The van der Waals surface area contributed by atoms with Crippen molar-refractivity contribution in [3.8, 4) is 5.75 Å². The van der Waals surface area contributed by atoms with Crippen molar-refractivity contribution < 1.29 is 18.8 Å². The number of anilines is 1. The molecule has 3 rings (SSSR count). The van der Waals surface area contributed by atoms with Crippen LogP contribution in [0.25, 0.3) is 0 Å². The maximum absolute atomic E-state index is 12.8. The average molecular weight is 344 g/mol. The van der Waals surface area contributed by atoms with Crippen LogP contribution < -0.4 is 9.64 Å². The molecule has 1 aliphatic rings. The van der Waals surface area contributed by atoms with Gasteiger partial charge in [-0.15, -0.1) is 0 Å². The van der Waals surface area contributed by atoms with Gasteiger partial charge >= 0.3 is 0 Å². The van der Waals surface area contributed by atoms with Crippen LogP contribution in [0.15, 0.2) is 42.5 Å². The van der Waals surface area contributed by atoms with E-state index in [1.165, 1.54) is 36.4 Å². The predicted molar refractivity (Wildman–Crippen MR) is 90.3 cm³/mol. The van der Waals surface area contributed by atoms with Gasteiger partial charge in [-0.3, -0.25) is 14.9 Å². The third-order valence-corrected chi connectivity index (χ3v) is 4.09. The standard InChI is InChI=1S/C18H17FN2O4/c19-14-4-7-16(8-5-14)25-11-1-2-18(22)20-10-9-13-3-6-15(21(23)24)12-17(13)20/h3-8,12H,1-2,9-11H2. The molecule has 2 aromatic rings. The second-order valence-corrected chi connectivity index (χ2v) is 5.77. The number of hydrogen-bond donors (Lipinski definition) is 0. The summed E-state index contributed by atoms with van der Waals surface area (Å²) >= 11 is 0. The number of nitro benzene ring substituents is 1. The fourth-order valence-electron chi connectivity index (χ4n) is 2.82. The molecule has 0 fully saturated rings. The van der Waals surface area contributed by atoms with Gasteiger partial charge in [-0.05, 0) is 42.7 Å². The molecule has 0 N–H and O–H groups in total. The number of carbonyl (C=O) groups excluding carboxylic acids is 1. The first kappa shape index (κ1) is 16.9. The van der Waals surface area contributed by atoms with E-state index in [9.17, 15) is 19.3 Å². The summed E-state index contributed by atoms with van der Waals surface area (Å²) in [5.41, 5.74) is 1.55. The van der Waals surface area contributed by atoms with Crippen LogP contribution in [0.2, 0.25) is 0 Å². The Kier molecular flexibility index (Phi) is 4.92. The van der Waals surface area contributed by atoms with Crippen LogP contribution in [0.5, 0.6) is 5.75 Å². The highest BCUT2D eigenvalue weighted by Gasteiger charge is 2.26. The van der Waals surface area contributed by atoms with Crippen LogP contribution in [0, 0.1) is 15.9 Å². The summed E-state index contributed by atoms with van der Waals surface area (Å²) in [5, 5.41) is 10.9. The number of carbonyl (C=O) groups is 1. The summed E-state index contributed by atoms with van der Waals surface area (Å²) < 4.78 is 18.3. The maximum atomic E-state index is 12.8. The van der Waals surface area contributed by atoms with Gasteiger partial charge in [0.1, 0.15) is 11.6 Å². The number of amides is 1. The zero-order valence-electron chi connectivity index (χ0n) is 13.5. The van der Waals surface area contributed by atoms with Crippen molar-refractivity contribution in [2.45, 2.75) is 19.3 Å². The van der Waals surface area contributed by atoms with Gasteiger partial charge in [0.05, 0.1) is 17.2 Å². The lowest BCUT2D eigenvalue weighted by molar-refractivity contribution is -0.384. The van der Waals surface area contributed by atoms with Crippen molar-refractivity contribution in [2.75, 3.05) is 18.1 Å². The number of ether oxygens (including phenoxy) is 1. The zero-order chi connectivity index (χ0) is 17.8.